The topological polar surface area (TPSA) is 30.7 Å². The summed E-state index contributed by atoms with van der Waals surface area (Å²) in [4.78, 5) is 13.3. The summed E-state index contributed by atoms with van der Waals surface area (Å²) < 4.78 is 5.80. The first-order valence-electron chi connectivity index (χ1n) is 8.07. The van der Waals surface area contributed by atoms with Gasteiger partial charge >= 0.3 is 0 Å². The third-order valence-electron chi connectivity index (χ3n) is 3.80. The molecule has 0 aliphatic heterocycles. The lowest BCUT2D eigenvalue weighted by Gasteiger charge is -2.27. The third kappa shape index (κ3) is 6.80. The van der Waals surface area contributed by atoms with E-state index in [-0.39, 0.29) is 18.2 Å². The van der Waals surface area contributed by atoms with Crippen LogP contribution in [0.15, 0.2) is 24.3 Å². The summed E-state index contributed by atoms with van der Waals surface area (Å²) in [7, 11) is 0. The Morgan fingerprint density at radius 2 is 1.64 bits per heavy atom. The highest BCUT2D eigenvalue weighted by atomic mass is 35.5. The Morgan fingerprint density at radius 1 is 1.09 bits per heavy atom. The number of carbonyl (C=O) groups is 1. The molecule has 0 atom stereocenters. The number of benzene rings is 1. The lowest BCUT2D eigenvalue weighted by Crippen LogP contribution is -3.18. The quantitative estimate of drug-likeness (QED) is 0.634. The van der Waals surface area contributed by atoms with Crippen molar-refractivity contribution in [2.24, 2.45) is 0 Å². The van der Waals surface area contributed by atoms with E-state index in [1.54, 1.807) is 4.90 Å². The molecular formula is C18H30ClNO2. The monoisotopic (exact) mass is 327 g/mol. The molecular weight excluding hydrogens is 298 g/mol. The molecule has 0 aromatic heterocycles. The molecule has 1 N–H and O–H groups in total. The van der Waals surface area contributed by atoms with Crippen molar-refractivity contribution in [2.75, 3.05) is 13.2 Å². The summed E-state index contributed by atoms with van der Waals surface area (Å²) in [5, 5.41) is 0. The van der Waals surface area contributed by atoms with Crippen LogP contribution in [0.2, 0.25) is 0 Å². The van der Waals surface area contributed by atoms with Crippen molar-refractivity contribution in [3.63, 3.8) is 0 Å². The number of carbonyl (C=O) groups excluding carboxylic acids is 1. The first-order valence-corrected chi connectivity index (χ1v) is 8.07. The largest absolute Gasteiger partial charge is 1.00 e. The number of halogens is 1. The van der Waals surface area contributed by atoms with Crippen molar-refractivity contribution < 1.29 is 26.8 Å². The van der Waals surface area contributed by atoms with Gasteiger partial charge in [-0.25, -0.2) is 0 Å². The van der Waals surface area contributed by atoms with Gasteiger partial charge in [-0.15, -0.1) is 0 Å². The van der Waals surface area contributed by atoms with E-state index < -0.39 is 0 Å². The van der Waals surface area contributed by atoms with Gasteiger partial charge in [0.25, 0.3) is 0 Å². The third-order valence-corrected chi connectivity index (χ3v) is 3.80. The van der Waals surface area contributed by atoms with Crippen molar-refractivity contribution in [3.8, 4) is 5.75 Å². The predicted octanol–water partition coefficient (Wildman–Crippen LogP) is -0.246. The number of hydrogen-bond acceptors (Lipinski definition) is 2. The Bertz CT molecular complexity index is 421. The molecule has 3 nitrogen and oxygen atoms in total. The fourth-order valence-electron chi connectivity index (χ4n) is 2.64. The van der Waals surface area contributed by atoms with E-state index in [1.807, 2.05) is 31.2 Å². The number of quaternary nitrogens is 1. The molecule has 0 fully saturated rings. The zero-order valence-corrected chi connectivity index (χ0v) is 15.2. The van der Waals surface area contributed by atoms with Crippen LogP contribution in [0.4, 0.5) is 0 Å². The highest BCUT2D eigenvalue weighted by Gasteiger charge is 2.16. The second-order valence-corrected chi connectivity index (χ2v) is 6.18. The summed E-state index contributed by atoms with van der Waals surface area (Å²) in [6, 6.07) is 8.72. The van der Waals surface area contributed by atoms with E-state index in [9.17, 15) is 4.79 Å². The van der Waals surface area contributed by atoms with Gasteiger partial charge in [-0.2, -0.15) is 0 Å². The second kappa shape index (κ2) is 10.6. The van der Waals surface area contributed by atoms with Crippen molar-refractivity contribution in [1.82, 2.24) is 0 Å². The van der Waals surface area contributed by atoms with Gasteiger partial charge in [-0.1, -0.05) is 6.92 Å². The lowest BCUT2D eigenvalue weighted by molar-refractivity contribution is -0.942. The van der Waals surface area contributed by atoms with E-state index in [0.29, 0.717) is 25.1 Å². The summed E-state index contributed by atoms with van der Waals surface area (Å²) in [5.41, 5.74) is 0.779. The maximum absolute atomic E-state index is 11.8. The molecule has 22 heavy (non-hydrogen) atoms. The zero-order valence-electron chi connectivity index (χ0n) is 14.5. The van der Waals surface area contributed by atoms with Gasteiger partial charge in [-0.05, 0) is 58.4 Å². The normalized spacial score (nSPS) is 10.9. The van der Waals surface area contributed by atoms with Gasteiger partial charge in [0.1, 0.15) is 18.9 Å². The molecule has 0 heterocycles. The molecule has 1 rings (SSSR count). The average molecular weight is 328 g/mol. The smallest absolute Gasteiger partial charge is 0.162 e. The molecule has 0 saturated heterocycles. The van der Waals surface area contributed by atoms with Crippen LogP contribution in [0.25, 0.3) is 0 Å². The van der Waals surface area contributed by atoms with Gasteiger partial charge in [0, 0.05) is 12.0 Å². The minimum Gasteiger partial charge on any atom is -1.00 e. The van der Waals surface area contributed by atoms with Crippen molar-refractivity contribution in [1.29, 1.82) is 0 Å². The maximum Gasteiger partial charge on any atom is 0.162 e. The molecule has 1 aromatic carbocycles. The first kappa shape index (κ1) is 20.9. The number of Topliss-reactive ketones (excluding diaryl/α,β-unsaturated/α-hetero) is 1. The van der Waals surface area contributed by atoms with E-state index in [0.717, 1.165) is 24.3 Å². The Labute approximate surface area is 141 Å². The van der Waals surface area contributed by atoms with Crippen LogP contribution < -0.4 is 22.0 Å². The fourth-order valence-corrected chi connectivity index (χ4v) is 2.64. The Hall–Kier alpha value is -1.06. The number of hydrogen-bond donors (Lipinski definition) is 1. The van der Waals surface area contributed by atoms with E-state index in [1.165, 1.54) is 0 Å². The van der Waals surface area contributed by atoms with Crippen LogP contribution in [-0.2, 0) is 0 Å². The van der Waals surface area contributed by atoms with Crippen molar-refractivity contribution in [3.05, 3.63) is 29.8 Å². The van der Waals surface area contributed by atoms with Crippen molar-refractivity contribution >= 4 is 5.78 Å². The van der Waals surface area contributed by atoms with Crippen LogP contribution in [0.1, 0.15) is 57.8 Å². The van der Waals surface area contributed by atoms with Gasteiger partial charge in [0.2, 0.25) is 0 Å². The minimum atomic E-state index is 0. The average Bonchev–Trinajstić information content (AvgIpc) is 2.43. The molecule has 0 radical (unpaired) electrons. The van der Waals surface area contributed by atoms with Crippen LogP contribution >= 0.6 is 0 Å². The van der Waals surface area contributed by atoms with Crippen LogP contribution in [0.5, 0.6) is 5.75 Å². The summed E-state index contributed by atoms with van der Waals surface area (Å²) in [6.45, 7) is 12.7. The number of ketones is 1. The highest BCUT2D eigenvalue weighted by molar-refractivity contribution is 5.96. The minimum absolute atomic E-state index is 0. The molecule has 0 aliphatic rings. The zero-order chi connectivity index (χ0) is 15.8. The number of nitrogens with one attached hydrogen (secondary N) is 1. The molecule has 1 aromatic rings. The Balaban J connectivity index is 0.00000441. The summed E-state index contributed by atoms with van der Waals surface area (Å²) >= 11 is 0. The number of rotatable bonds is 9. The predicted molar refractivity (Wildman–Crippen MR) is 87.3 cm³/mol. The molecule has 0 unspecified atom stereocenters. The molecule has 4 heteroatoms. The molecule has 0 saturated carbocycles. The Kier molecular flexibility index (Phi) is 10.1. The molecule has 0 bridgehead atoms. The highest BCUT2D eigenvalue weighted by Crippen LogP contribution is 2.13. The van der Waals surface area contributed by atoms with E-state index in [4.69, 9.17) is 4.74 Å². The maximum atomic E-state index is 11.8. The van der Waals surface area contributed by atoms with Gasteiger partial charge < -0.3 is 22.0 Å². The molecule has 0 amide bonds. The standard InChI is InChI=1S/C18H29NO2.ClH/c1-6-7-18(20)16-8-10-17(11-9-16)21-13-12-19(14(2)3)15(4)5;/h8-11,14-15H,6-7,12-13H2,1-5H3;1H. The van der Waals surface area contributed by atoms with Crippen LogP contribution in [0.3, 0.4) is 0 Å². The Morgan fingerprint density at radius 3 is 2.09 bits per heavy atom. The molecule has 0 spiro atoms. The molecule has 0 aliphatic carbocycles. The summed E-state index contributed by atoms with van der Waals surface area (Å²) in [5.74, 6) is 1.05. The summed E-state index contributed by atoms with van der Waals surface area (Å²) in [6.07, 6.45) is 1.50. The second-order valence-electron chi connectivity index (χ2n) is 6.18. The van der Waals surface area contributed by atoms with E-state index in [2.05, 4.69) is 27.7 Å². The van der Waals surface area contributed by atoms with Gasteiger partial charge in [0.15, 0.2) is 5.78 Å². The SMILES string of the molecule is CCCC(=O)c1ccc(OCC[NH+](C(C)C)C(C)C)cc1.[Cl-]. The fraction of sp³-hybridized carbons (Fsp3) is 0.611. The van der Waals surface area contributed by atoms with E-state index >= 15 is 0 Å². The van der Waals surface area contributed by atoms with Gasteiger partial charge in [-0.3, -0.25) is 4.79 Å². The lowest BCUT2D eigenvalue weighted by atomic mass is 10.1. The number of ether oxygens (including phenoxy) is 1. The van der Waals surface area contributed by atoms with Crippen LogP contribution in [-0.4, -0.2) is 31.0 Å². The van der Waals surface area contributed by atoms with Crippen LogP contribution in [0, 0.1) is 0 Å². The van der Waals surface area contributed by atoms with Crippen molar-refractivity contribution in [2.45, 2.75) is 59.5 Å². The molecule has 126 valence electrons. The first-order chi connectivity index (χ1) is 9.95. The van der Waals surface area contributed by atoms with Gasteiger partial charge in [0.05, 0.1) is 12.1 Å².